The smallest absolute Gasteiger partial charge is 0.419 e. The standard InChI is InChI=1S/C16H20F4N2O2/c1-15(2,3)24-14(23)22-8-6-21(7-9-22)11-4-5-13(17)12(10-11)16(18,19)20/h4-5,10H,6-9H2,1-3H3. The zero-order chi connectivity index (χ0) is 18.1. The van der Waals surface area contributed by atoms with Crippen LogP contribution in [0.2, 0.25) is 0 Å². The molecule has 4 nitrogen and oxygen atoms in total. The van der Waals surface area contributed by atoms with Gasteiger partial charge < -0.3 is 14.5 Å². The Kier molecular flexibility index (Phi) is 4.96. The quantitative estimate of drug-likeness (QED) is 0.722. The number of hydrogen-bond acceptors (Lipinski definition) is 3. The van der Waals surface area contributed by atoms with Crippen LogP contribution in [0.25, 0.3) is 0 Å². The molecule has 1 heterocycles. The Hall–Kier alpha value is -1.99. The lowest BCUT2D eigenvalue weighted by Crippen LogP contribution is -2.50. The summed E-state index contributed by atoms with van der Waals surface area (Å²) in [6, 6.07) is 2.94. The molecule has 1 fully saturated rings. The van der Waals surface area contributed by atoms with Crippen molar-refractivity contribution in [3.05, 3.63) is 29.6 Å². The fourth-order valence-electron chi connectivity index (χ4n) is 2.40. The van der Waals surface area contributed by atoms with Crippen molar-refractivity contribution in [1.82, 2.24) is 4.90 Å². The monoisotopic (exact) mass is 348 g/mol. The Bertz CT molecular complexity index is 603. The Morgan fingerprint density at radius 1 is 1.08 bits per heavy atom. The van der Waals surface area contributed by atoms with E-state index in [9.17, 15) is 22.4 Å². The van der Waals surface area contributed by atoms with Crippen LogP contribution in [-0.2, 0) is 10.9 Å². The molecule has 1 aliphatic rings. The highest BCUT2D eigenvalue weighted by molar-refractivity contribution is 5.68. The Labute approximate surface area is 138 Å². The molecular weight excluding hydrogens is 328 g/mol. The van der Waals surface area contributed by atoms with E-state index >= 15 is 0 Å². The van der Waals surface area contributed by atoms with Gasteiger partial charge in [-0.1, -0.05) is 0 Å². The van der Waals surface area contributed by atoms with Crippen molar-refractivity contribution >= 4 is 11.8 Å². The van der Waals surface area contributed by atoms with E-state index in [-0.39, 0.29) is 5.69 Å². The predicted molar refractivity (Wildman–Crippen MR) is 81.4 cm³/mol. The van der Waals surface area contributed by atoms with Crippen LogP contribution in [0.3, 0.4) is 0 Å². The highest BCUT2D eigenvalue weighted by atomic mass is 19.4. The molecule has 0 spiro atoms. The normalized spacial score (nSPS) is 16.3. The molecule has 1 aromatic rings. The first kappa shape index (κ1) is 18.4. The van der Waals surface area contributed by atoms with E-state index < -0.39 is 29.3 Å². The molecule has 0 N–H and O–H groups in total. The fourth-order valence-corrected chi connectivity index (χ4v) is 2.40. The van der Waals surface area contributed by atoms with Crippen molar-refractivity contribution in [3.63, 3.8) is 0 Å². The highest BCUT2D eigenvalue weighted by Crippen LogP contribution is 2.34. The van der Waals surface area contributed by atoms with Gasteiger partial charge >= 0.3 is 12.3 Å². The summed E-state index contributed by atoms with van der Waals surface area (Å²) in [5.41, 5.74) is -1.60. The lowest BCUT2D eigenvalue weighted by atomic mass is 10.1. The topological polar surface area (TPSA) is 32.8 Å². The maximum atomic E-state index is 13.4. The molecule has 8 heteroatoms. The first-order chi connectivity index (χ1) is 11.0. The summed E-state index contributed by atoms with van der Waals surface area (Å²) in [4.78, 5) is 15.2. The van der Waals surface area contributed by atoms with Gasteiger partial charge in [0.05, 0.1) is 5.56 Å². The molecular formula is C16H20F4N2O2. The van der Waals surface area contributed by atoms with Crippen LogP contribution in [0.15, 0.2) is 18.2 Å². The van der Waals surface area contributed by atoms with E-state index in [0.29, 0.717) is 26.2 Å². The lowest BCUT2D eigenvalue weighted by Gasteiger charge is -2.37. The summed E-state index contributed by atoms with van der Waals surface area (Å²) >= 11 is 0. The van der Waals surface area contributed by atoms with Gasteiger partial charge in [0.2, 0.25) is 0 Å². The van der Waals surface area contributed by atoms with Gasteiger partial charge in [0.15, 0.2) is 0 Å². The van der Waals surface area contributed by atoms with Crippen LogP contribution in [-0.4, -0.2) is 42.8 Å². The summed E-state index contributed by atoms with van der Waals surface area (Å²) < 4.78 is 57.0. The average molecular weight is 348 g/mol. The molecule has 1 aromatic carbocycles. The van der Waals surface area contributed by atoms with Crippen LogP contribution in [0, 0.1) is 5.82 Å². The van der Waals surface area contributed by atoms with Gasteiger partial charge in [-0.2, -0.15) is 13.2 Å². The van der Waals surface area contributed by atoms with Crippen molar-refractivity contribution in [2.75, 3.05) is 31.1 Å². The molecule has 0 bridgehead atoms. The molecule has 0 aliphatic carbocycles. The third-order valence-electron chi connectivity index (χ3n) is 3.55. The number of ether oxygens (including phenoxy) is 1. The number of carbonyl (C=O) groups excluding carboxylic acids is 1. The number of nitrogens with zero attached hydrogens (tertiary/aromatic N) is 2. The summed E-state index contributed by atoms with van der Waals surface area (Å²) in [5.74, 6) is -1.29. The summed E-state index contributed by atoms with van der Waals surface area (Å²) in [5, 5.41) is 0. The van der Waals surface area contributed by atoms with E-state index in [1.165, 1.54) is 11.0 Å². The molecule has 134 valence electrons. The SMILES string of the molecule is CC(C)(C)OC(=O)N1CCN(c2ccc(F)c(C(F)(F)F)c2)CC1. The molecule has 0 aromatic heterocycles. The van der Waals surface area contributed by atoms with Crippen molar-refractivity contribution in [2.45, 2.75) is 32.5 Å². The molecule has 1 amide bonds. The number of halogens is 4. The van der Waals surface area contributed by atoms with Gasteiger partial charge in [0, 0.05) is 31.9 Å². The summed E-state index contributed by atoms with van der Waals surface area (Å²) in [6.45, 7) is 6.64. The first-order valence-electron chi connectivity index (χ1n) is 7.57. The second kappa shape index (κ2) is 6.49. The number of alkyl halides is 3. The Morgan fingerprint density at radius 3 is 2.17 bits per heavy atom. The van der Waals surface area contributed by atoms with Gasteiger partial charge in [0.1, 0.15) is 11.4 Å². The number of carbonyl (C=O) groups is 1. The molecule has 2 rings (SSSR count). The summed E-state index contributed by atoms with van der Waals surface area (Å²) in [7, 11) is 0. The second-order valence-electron chi connectivity index (χ2n) is 6.62. The van der Waals surface area contributed by atoms with Gasteiger partial charge in [0.25, 0.3) is 0 Å². The average Bonchev–Trinajstić information content (AvgIpc) is 2.45. The van der Waals surface area contributed by atoms with E-state index in [1.54, 1.807) is 25.7 Å². The highest BCUT2D eigenvalue weighted by Gasteiger charge is 2.35. The number of benzene rings is 1. The first-order valence-corrected chi connectivity index (χ1v) is 7.57. The third kappa shape index (κ3) is 4.52. The van der Waals surface area contributed by atoms with Gasteiger partial charge in [-0.25, -0.2) is 9.18 Å². The van der Waals surface area contributed by atoms with E-state index in [2.05, 4.69) is 0 Å². The lowest BCUT2D eigenvalue weighted by molar-refractivity contribution is -0.139. The van der Waals surface area contributed by atoms with Crippen LogP contribution >= 0.6 is 0 Å². The number of hydrogen-bond donors (Lipinski definition) is 0. The molecule has 24 heavy (non-hydrogen) atoms. The minimum atomic E-state index is -4.74. The molecule has 1 aliphatic heterocycles. The van der Waals surface area contributed by atoms with Crippen molar-refractivity contribution in [1.29, 1.82) is 0 Å². The minimum absolute atomic E-state index is 0.285. The largest absolute Gasteiger partial charge is 0.444 e. The number of amides is 1. The Balaban J connectivity index is 2.04. The predicted octanol–water partition coefficient (Wildman–Crippen LogP) is 3.90. The zero-order valence-electron chi connectivity index (χ0n) is 13.8. The second-order valence-corrected chi connectivity index (χ2v) is 6.62. The van der Waals surface area contributed by atoms with Crippen molar-refractivity contribution < 1.29 is 27.1 Å². The maximum absolute atomic E-state index is 13.4. The van der Waals surface area contributed by atoms with E-state index in [4.69, 9.17) is 4.74 Å². The van der Waals surface area contributed by atoms with Crippen molar-refractivity contribution in [2.24, 2.45) is 0 Å². The van der Waals surface area contributed by atoms with Gasteiger partial charge in [-0.05, 0) is 39.0 Å². The molecule has 0 saturated carbocycles. The number of piperazine rings is 1. The van der Waals surface area contributed by atoms with Gasteiger partial charge in [-0.15, -0.1) is 0 Å². The van der Waals surface area contributed by atoms with Crippen LogP contribution in [0.1, 0.15) is 26.3 Å². The molecule has 0 unspecified atom stereocenters. The van der Waals surface area contributed by atoms with E-state index in [0.717, 1.165) is 12.1 Å². The molecule has 0 atom stereocenters. The zero-order valence-corrected chi connectivity index (χ0v) is 13.8. The van der Waals surface area contributed by atoms with E-state index in [1.807, 2.05) is 0 Å². The molecule has 1 saturated heterocycles. The minimum Gasteiger partial charge on any atom is -0.444 e. The molecule has 0 radical (unpaired) electrons. The summed E-state index contributed by atoms with van der Waals surface area (Å²) in [6.07, 6.45) is -5.18. The number of anilines is 1. The maximum Gasteiger partial charge on any atom is 0.419 e. The van der Waals surface area contributed by atoms with Crippen LogP contribution in [0.5, 0.6) is 0 Å². The van der Waals surface area contributed by atoms with Crippen molar-refractivity contribution in [3.8, 4) is 0 Å². The van der Waals surface area contributed by atoms with Crippen LogP contribution < -0.4 is 4.90 Å². The Morgan fingerprint density at radius 2 is 1.67 bits per heavy atom. The number of rotatable bonds is 1. The van der Waals surface area contributed by atoms with Gasteiger partial charge in [-0.3, -0.25) is 0 Å². The third-order valence-corrected chi connectivity index (χ3v) is 3.55. The van der Waals surface area contributed by atoms with Crippen LogP contribution in [0.4, 0.5) is 28.0 Å². The fraction of sp³-hybridized carbons (Fsp3) is 0.562.